The van der Waals surface area contributed by atoms with Gasteiger partial charge in [0, 0.05) is 27.1 Å². The second kappa shape index (κ2) is 4.41. The highest BCUT2D eigenvalue weighted by Crippen LogP contribution is 2.19. The van der Waals surface area contributed by atoms with Gasteiger partial charge in [0.1, 0.15) is 0 Å². The molecular formula is C13H12INO. The number of halogens is 1. The highest BCUT2D eigenvalue weighted by molar-refractivity contribution is 14.1. The molecule has 0 aliphatic rings. The molecule has 0 aliphatic carbocycles. The molecule has 16 heavy (non-hydrogen) atoms. The van der Waals surface area contributed by atoms with E-state index in [9.17, 15) is 4.79 Å². The Hall–Kier alpha value is -1.10. The summed E-state index contributed by atoms with van der Waals surface area (Å²) in [6, 6.07) is 11.5. The standard InChI is InChI=1S/C13H12INO/c1-9-7-11(16)8-10(2)15(9)13-6-4-3-5-12(13)14/h3-8H,1-2H3. The van der Waals surface area contributed by atoms with E-state index in [0.29, 0.717) is 0 Å². The van der Waals surface area contributed by atoms with E-state index in [1.807, 2.05) is 26.0 Å². The first-order valence-corrected chi connectivity index (χ1v) is 6.12. The van der Waals surface area contributed by atoms with Gasteiger partial charge in [-0.25, -0.2) is 0 Å². The third-order valence-corrected chi connectivity index (χ3v) is 3.41. The smallest absolute Gasteiger partial charge is 0.182 e. The highest BCUT2D eigenvalue weighted by atomic mass is 127. The quantitative estimate of drug-likeness (QED) is 0.739. The van der Waals surface area contributed by atoms with Gasteiger partial charge in [0.15, 0.2) is 5.43 Å². The summed E-state index contributed by atoms with van der Waals surface area (Å²) in [5, 5.41) is 0. The largest absolute Gasteiger partial charge is 0.317 e. The maximum Gasteiger partial charge on any atom is 0.182 e. The first-order chi connectivity index (χ1) is 7.59. The van der Waals surface area contributed by atoms with Crippen LogP contribution < -0.4 is 5.43 Å². The molecule has 3 heteroatoms. The number of pyridine rings is 1. The molecule has 0 saturated heterocycles. The average molecular weight is 325 g/mol. The highest BCUT2D eigenvalue weighted by Gasteiger charge is 2.06. The Balaban J connectivity index is 2.75. The zero-order valence-corrected chi connectivity index (χ0v) is 11.4. The summed E-state index contributed by atoms with van der Waals surface area (Å²) in [4.78, 5) is 11.4. The summed E-state index contributed by atoms with van der Waals surface area (Å²) in [6.45, 7) is 3.91. The Morgan fingerprint density at radius 3 is 2.19 bits per heavy atom. The van der Waals surface area contributed by atoms with Gasteiger partial charge in [-0.1, -0.05) is 12.1 Å². The zero-order valence-electron chi connectivity index (χ0n) is 9.20. The summed E-state index contributed by atoms with van der Waals surface area (Å²) in [5.41, 5.74) is 3.12. The van der Waals surface area contributed by atoms with E-state index >= 15 is 0 Å². The van der Waals surface area contributed by atoms with Crippen molar-refractivity contribution in [2.75, 3.05) is 0 Å². The second-order valence-electron chi connectivity index (χ2n) is 3.76. The Morgan fingerprint density at radius 1 is 1.06 bits per heavy atom. The Morgan fingerprint density at radius 2 is 1.62 bits per heavy atom. The molecule has 0 atom stereocenters. The number of para-hydroxylation sites is 1. The predicted molar refractivity (Wildman–Crippen MR) is 74.2 cm³/mol. The fraction of sp³-hybridized carbons (Fsp3) is 0.154. The van der Waals surface area contributed by atoms with Crippen molar-refractivity contribution in [1.29, 1.82) is 0 Å². The van der Waals surface area contributed by atoms with Crippen molar-refractivity contribution < 1.29 is 0 Å². The molecule has 1 heterocycles. The van der Waals surface area contributed by atoms with Crippen LogP contribution in [0.25, 0.3) is 5.69 Å². The summed E-state index contributed by atoms with van der Waals surface area (Å²) in [5.74, 6) is 0. The summed E-state index contributed by atoms with van der Waals surface area (Å²) in [7, 11) is 0. The molecule has 2 aromatic rings. The number of nitrogens with zero attached hydrogens (tertiary/aromatic N) is 1. The first kappa shape index (κ1) is 11.4. The minimum Gasteiger partial charge on any atom is -0.317 e. The van der Waals surface area contributed by atoms with Gasteiger partial charge in [-0.3, -0.25) is 4.79 Å². The van der Waals surface area contributed by atoms with Crippen molar-refractivity contribution in [2.45, 2.75) is 13.8 Å². The van der Waals surface area contributed by atoms with E-state index in [1.54, 1.807) is 12.1 Å². The van der Waals surface area contributed by atoms with Crippen LogP contribution in [0.2, 0.25) is 0 Å². The van der Waals surface area contributed by atoms with Gasteiger partial charge < -0.3 is 4.57 Å². The van der Waals surface area contributed by atoms with Gasteiger partial charge in [0.25, 0.3) is 0 Å². The first-order valence-electron chi connectivity index (χ1n) is 5.05. The Kier molecular flexibility index (Phi) is 3.14. The number of benzene rings is 1. The Bertz CT molecular complexity index is 560. The van der Waals surface area contributed by atoms with Gasteiger partial charge >= 0.3 is 0 Å². The van der Waals surface area contributed by atoms with Crippen LogP contribution >= 0.6 is 22.6 Å². The van der Waals surface area contributed by atoms with Crippen molar-refractivity contribution >= 4 is 22.6 Å². The number of rotatable bonds is 1. The molecule has 0 bridgehead atoms. The molecule has 0 unspecified atom stereocenters. The van der Waals surface area contributed by atoms with E-state index in [2.05, 4.69) is 39.3 Å². The van der Waals surface area contributed by atoms with Crippen LogP contribution in [0.4, 0.5) is 0 Å². The number of aryl methyl sites for hydroxylation is 2. The summed E-state index contributed by atoms with van der Waals surface area (Å²) in [6.07, 6.45) is 0. The predicted octanol–water partition coefficient (Wildman–Crippen LogP) is 3.06. The number of aromatic nitrogens is 1. The fourth-order valence-corrected chi connectivity index (χ4v) is 2.50. The molecule has 2 nitrogen and oxygen atoms in total. The molecule has 1 aromatic carbocycles. The lowest BCUT2D eigenvalue weighted by Crippen LogP contribution is -2.12. The summed E-state index contributed by atoms with van der Waals surface area (Å²) < 4.78 is 3.28. The summed E-state index contributed by atoms with van der Waals surface area (Å²) >= 11 is 2.31. The second-order valence-corrected chi connectivity index (χ2v) is 4.92. The molecule has 0 radical (unpaired) electrons. The molecule has 0 spiro atoms. The maximum absolute atomic E-state index is 11.4. The fourth-order valence-electron chi connectivity index (χ4n) is 1.87. The third kappa shape index (κ3) is 2.04. The minimum atomic E-state index is 0.0668. The third-order valence-electron chi connectivity index (χ3n) is 2.50. The number of hydrogen-bond acceptors (Lipinski definition) is 1. The SMILES string of the molecule is Cc1cc(=O)cc(C)n1-c1ccccc1I. The van der Waals surface area contributed by atoms with Crippen LogP contribution in [0.1, 0.15) is 11.4 Å². The lowest BCUT2D eigenvalue weighted by molar-refractivity contribution is 0.917. The molecule has 82 valence electrons. The minimum absolute atomic E-state index is 0.0668. The lowest BCUT2D eigenvalue weighted by Gasteiger charge is -2.15. The molecular weight excluding hydrogens is 313 g/mol. The van der Waals surface area contributed by atoms with Crippen LogP contribution in [-0.4, -0.2) is 4.57 Å². The van der Waals surface area contributed by atoms with Crippen LogP contribution in [0.3, 0.4) is 0 Å². The van der Waals surface area contributed by atoms with Gasteiger partial charge in [-0.05, 0) is 48.6 Å². The van der Waals surface area contributed by atoms with E-state index in [0.717, 1.165) is 17.1 Å². The van der Waals surface area contributed by atoms with E-state index in [-0.39, 0.29) is 5.43 Å². The molecule has 0 fully saturated rings. The molecule has 0 saturated carbocycles. The molecule has 1 aromatic heterocycles. The van der Waals surface area contributed by atoms with Crippen LogP contribution in [0.15, 0.2) is 41.2 Å². The van der Waals surface area contributed by atoms with Crippen molar-refractivity contribution in [3.8, 4) is 5.69 Å². The van der Waals surface area contributed by atoms with Crippen molar-refractivity contribution in [3.63, 3.8) is 0 Å². The average Bonchev–Trinajstić information content (AvgIpc) is 2.19. The van der Waals surface area contributed by atoms with Gasteiger partial charge in [0.2, 0.25) is 0 Å². The lowest BCUT2D eigenvalue weighted by atomic mass is 10.2. The van der Waals surface area contributed by atoms with E-state index < -0.39 is 0 Å². The van der Waals surface area contributed by atoms with E-state index in [1.165, 1.54) is 3.57 Å². The van der Waals surface area contributed by atoms with Crippen molar-refractivity contribution in [1.82, 2.24) is 4.57 Å². The van der Waals surface area contributed by atoms with Crippen LogP contribution in [-0.2, 0) is 0 Å². The molecule has 2 rings (SSSR count). The molecule has 0 aliphatic heterocycles. The Labute approximate surface area is 108 Å². The molecule has 0 N–H and O–H groups in total. The van der Waals surface area contributed by atoms with Gasteiger partial charge in [0.05, 0.1) is 5.69 Å². The molecule has 0 amide bonds. The van der Waals surface area contributed by atoms with Gasteiger partial charge in [-0.2, -0.15) is 0 Å². The van der Waals surface area contributed by atoms with Crippen LogP contribution in [0, 0.1) is 17.4 Å². The van der Waals surface area contributed by atoms with Crippen molar-refractivity contribution in [2.24, 2.45) is 0 Å². The normalized spacial score (nSPS) is 10.4. The monoisotopic (exact) mass is 325 g/mol. The number of hydrogen-bond donors (Lipinski definition) is 0. The van der Waals surface area contributed by atoms with Gasteiger partial charge in [-0.15, -0.1) is 0 Å². The topological polar surface area (TPSA) is 22.0 Å². The zero-order chi connectivity index (χ0) is 11.7. The maximum atomic E-state index is 11.4. The van der Waals surface area contributed by atoms with Crippen molar-refractivity contribution in [3.05, 3.63) is 61.6 Å². The van der Waals surface area contributed by atoms with Crippen LogP contribution in [0.5, 0.6) is 0 Å². The van der Waals surface area contributed by atoms with E-state index in [4.69, 9.17) is 0 Å².